The number of nitrogens with zero attached hydrogens (tertiary/aromatic N) is 2. The standard InChI is InChI=1S/C11H15N3O2/c1-16-11(15)8-2-3-10(13-6-8)14-5-4-9(12)7-14/h2-3,6,9H,4-5,7,12H2,1H3/t9-/m0/s1. The number of ether oxygens (including phenoxy) is 1. The van der Waals surface area contributed by atoms with Crippen LogP contribution in [-0.2, 0) is 4.74 Å². The summed E-state index contributed by atoms with van der Waals surface area (Å²) in [5.74, 6) is 0.498. The van der Waals surface area contributed by atoms with Crippen LogP contribution in [0.15, 0.2) is 18.3 Å². The third-order valence-corrected chi connectivity index (χ3v) is 2.72. The molecule has 1 atom stereocenters. The van der Waals surface area contributed by atoms with E-state index in [1.807, 2.05) is 6.07 Å². The Morgan fingerprint density at radius 1 is 1.62 bits per heavy atom. The van der Waals surface area contributed by atoms with E-state index >= 15 is 0 Å². The summed E-state index contributed by atoms with van der Waals surface area (Å²) in [6.45, 7) is 1.75. The summed E-state index contributed by atoms with van der Waals surface area (Å²) in [7, 11) is 1.36. The van der Waals surface area contributed by atoms with Crippen molar-refractivity contribution in [2.45, 2.75) is 12.5 Å². The first kappa shape index (κ1) is 10.9. The summed E-state index contributed by atoms with van der Waals surface area (Å²) in [4.78, 5) is 17.6. The Labute approximate surface area is 94.2 Å². The molecule has 2 heterocycles. The topological polar surface area (TPSA) is 68.5 Å². The van der Waals surface area contributed by atoms with Crippen molar-refractivity contribution in [3.05, 3.63) is 23.9 Å². The van der Waals surface area contributed by atoms with Gasteiger partial charge in [-0.3, -0.25) is 0 Å². The second kappa shape index (κ2) is 4.49. The van der Waals surface area contributed by atoms with Crippen molar-refractivity contribution in [2.75, 3.05) is 25.1 Å². The van der Waals surface area contributed by atoms with Crippen LogP contribution in [0.3, 0.4) is 0 Å². The normalized spacial score (nSPS) is 19.9. The maximum atomic E-state index is 11.2. The van der Waals surface area contributed by atoms with Crippen molar-refractivity contribution >= 4 is 11.8 Å². The highest BCUT2D eigenvalue weighted by molar-refractivity contribution is 5.89. The second-order valence-electron chi connectivity index (χ2n) is 3.89. The second-order valence-corrected chi connectivity index (χ2v) is 3.89. The number of hydrogen-bond acceptors (Lipinski definition) is 5. The SMILES string of the molecule is COC(=O)c1ccc(N2CC[C@H](N)C2)nc1. The Morgan fingerprint density at radius 2 is 2.44 bits per heavy atom. The quantitative estimate of drug-likeness (QED) is 0.732. The summed E-state index contributed by atoms with van der Waals surface area (Å²) in [6.07, 6.45) is 2.52. The highest BCUT2D eigenvalue weighted by atomic mass is 16.5. The third-order valence-electron chi connectivity index (χ3n) is 2.72. The van der Waals surface area contributed by atoms with Gasteiger partial charge in [-0.25, -0.2) is 9.78 Å². The molecule has 1 saturated heterocycles. The summed E-state index contributed by atoms with van der Waals surface area (Å²) < 4.78 is 4.61. The molecular weight excluding hydrogens is 206 g/mol. The number of nitrogens with two attached hydrogens (primary N) is 1. The lowest BCUT2D eigenvalue weighted by atomic mass is 10.3. The molecule has 0 aliphatic carbocycles. The molecule has 1 aromatic rings. The number of rotatable bonds is 2. The van der Waals surface area contributed by atoms with Crippen LogP contribution in [0, 0.1) is 0 Å². The Kier molecular flexibility index (Phi) is 3.05. The Balaban J connectivity index is 2.10. The first-order chi connectivity index (χ1) is 7.70. The largest absolute Gasteiger partial charge is 0.465 e. The van der Waals surface area contributed by atoms with Crippen LogP contribution < -0.4 is 10.6 Å². The van der Waals surface area contributed by atoms with Crippen molar-refractivity contribution in [3.8, 4) is 0 Å². The van der Waals surface area contributed by atoms with E-state index in [1.165, 1.54) is 13.3 Å². The number of hydrogen-bond donors (Lipinski definition) is 1. The molecule has 0 bridgehead atoms. The van der Waals surface area contributed by atoms with Crippen LogP contribution in [-0.4, -0.2) is 37.2 Å². The first-order valence-corrected chi connectivity index (χ1v) is 5.25. The molecule has 1 fully saturated rings. The minimum Gasteiger partial charge on any atom is -0.465 e. The molecule has 5 heteroatoms. The summed E-state index contributed by atoms with van der Waals surface area (Å²) in [5.41, 5.74) is 6.29. The van der Waals surface area contributed by atoms with E-state index in [2.05, 4.69) is 14.6 Å². The molecule has 0 spiro atoms. The van der Waals surface area contributed by atoms with Gasteiger partial charge in [0.05, 0.1) is 12.7 Å². The molecule has 0 aromatic carbocycles. The molecule has 2 N–H and O–H groups in total. The molecule has 0 saturated carbocycles. The zero-order chi connectivity index (χ0) is 11.5. The van der Waals surface area contributed by atoms with Crippen LogP contribution in [0.4, 0.5) is 5.82 Å². The van der Waals surface area contributed by atoms with Gasteiger partial charge in [0.25, 0.3) is 0 Å². The van der Waals surface area contributed by atoms with Gasteiger partial charge in [0.2, 0.25) is 0 Å². The van der Waals surface area contributed by atoms with Gasteiger partial charge in [0, 0.05) is 25.3 Å². The summed E-state index contributed by atoms with van der Waals surface area (Å²) in [5, 5.41) is 0. The molecule has 1 aliphatic heterocycles. The predicted molar refractivity (Wildman–Crippen MR) is 60.4 cm³/mol. The zero-order valence-corrected chi connectivity index (χ0v) is 9.22. The summed E-state index contributed by atoms with van der Waals surface area (Å²) >= 11 is 0. The number of aromatic nitrogens is 1. The van der Waals surface area contributed by atoms with E-state index in [9.17, 15) is 4.79 Å². The van der Waals surface area contributed by atoms with Crippen LogP contribution >= 0.6 is 0 Å². The molecular formula is C11H15N3O2. The van der Waals surface area contributed by atoms with Crippen molar-refractivity contribution in [2.24, 2.45) is 5.73 Å². The molecule has 1 aromatic heterocycles. The lowest BCUT2D eigenvalue weighted by molar-refractivity contribution is 0.0600. The fraction of sp³-hybridized carbons (Fsp3) is 0.455. The molecule has 0 unspecified atom stereocenters. The van der Waals surface area contributed by atoms with E-state index in [1.54, 1.807) is 6.07 Å². The van der Waals surface area contributed by atoms with E-state index in [-0.39, 0.29) is 12.0 Å². The number of methoxy groups -OCH3 is 1. The minimum absolute atomic E-state index is 0.224. The predicted octanol–water partition coefficient (Wildman–Crippen LogP) is 0.406. The van der Waals surface area contributed by atoms with Crippen LogP contribution in [0.2, 0.25) is 0 Å². The third kappa shape index (κ3) is 2.14. The molecule has 16 heavy (non-hydrogen) atoms. The number of carbonyl (C=O) groups is 1. The number of esters is 1. The average molecular weight is 221 g/mol. The molecule has 2 rings (SSSR count). The zero-order valence-electron chi connectivity index (χ0n) is 9.22. The van der Waals surface area contributed by atoms with Crippen molar-refractivity contribution in [3.63, 3.8) is 0 Å². The molecule has 1 aliphatic rings. The molecule has 0 radical (unpaired) electrons. The fourth-order valence-corrected chi connectivity index (χ4v) is 1.81. The lowest BCUT2D eigenvalue weighted by Crippen LogP contribution is -2.26. The summed E-state index contributed by atoms with van der Waals surface area (Å²) in [6, 6.07) is 3.77. The van der Waals surface area contributed by atoms with Crippen molar-refractivity contribution in [1.29, 1.82) is 0 Å². The Hall–Kier alpha value is -1.62. The smallest absolute Gasteiger partial charge is 0.339 e. The van der Waals surface area contributed by atoms with Gasteiger partial charge in [-0.15, -0.1) is 0 Å². The van der Waals surface area contributed by atoms with Gasteiger partial charge < -0.3 is 15.4 Å². The van der Waals surface area contributed by atoms with Crippen LogP contribution in [0.25, 0.3) is 0 Å². The van der Waals surface area contributed by atoms with E-state index in [0.29, 0.717) is 5.56 Å². The van der Waals surface area contributed by atoms with Gasteiger partial charge >= 0.3 is 5.97 Å². The van der Waals surface area contributed by atoms with Gasteiger partial charge in [0.1, 0.15) is 5.82 Å². The average Bonchev–Trinajstić information content (AvgIpc) is 2.75. The number of carbonyl (C=O) groups excluding carboxylic acids is 1. The Morgan fingerprint density at radius 3 is 2.94 bits per heavy atom. The van der Waals surface area contributed by atoms with Gasteiger partial charge in [-0.1, -0.05) is 0 Å². The molecule has 0 amide bonds. The molecule has 86 valence electrons. The highest BCUT2D eigenvalue weighted by Gasteiger charge is 2.20. The first-order valence-electron chi connectivity index (χ1n) is 5.25. The fourth-order valence-electron chi connectivity index (χ4n) is 1.81. The maximum absolute atomic E-state index is 11.2. The van der Waals surface area contributed by atoms with Crippen molar-refractivity contribution in [1.82, 2.24) is 4.98 Å². The van der Waals surface area contributed by atoms with Gasteiger partial charge in [0.15, 0.2) is 0 Å². The van der Waals surface area contributed by atoms with Gasteiger partial charge in [-0.2, -0.15) is 0 Å². The highest BCUT2D eigenvalue weighted by Crippen LogP contribution is 2.17. The maximum Gasteiger partial charge on any atom is 0.339 e. The van der Waals surface area contributed by atoms with Gasteiger partial charge in [-0.05, 0) is 18.6 Å². The lowest BCUT2D eigenvalue weighted by Gasteiger charge is -2.16. The minimum atomic E-state index is -0.364. The van der Waals surface area contributed by atoms with Crippen LogP contribution in [0.5, 0.6) is 0 Å². The van der Waals surface area contributed by atoms with E-state index < -0.39 is 0 Å². The monoisotopic (exact) mass is 221 g/mol. The number of anilines is 1. The van der Waals surface area contributed by atoms with E-state index in [0.717, 1.165) is 25.3 Å². The van der Waals surface area contributed by atoms with Crippen molar-refractivity contribution < 1.29 is 9.53 Å². The van der Waals surface area contributed by atoms with Crippen LogP contribution in [0.1, 0.15) is 16.8 Å². The van der Waals surface area contributed by atoms with E-state index in [4.69, 9.17) is 5.73 Å². The molecule has 5 nitrogen and oxygen atoms in total. The number of pyridine rings is 1. The Bertz CT molecular complexity index is 377.